The van der Waals surface area contributed by atoms with Gasteiger partial charge in [0.1, 0.15) is 17.2 Å². The largest absolute Gasteiger partial charge is 0.453 e. The molecule has 1 aliphatic heterocycles. The minimum Gasteiger partial charge on any atom is -0.453 e. The van der Waals surface area contributed by atoms with Crippen molar-refractivity contribution in [2.45, 2.75) is 31.3 Å². The number of hydrogen-bond acceptors (Lipinski definition) is 7. The molecular weight excluding hydrogens is 558 g/mol. The third kappa shape index (κ3) is 5.53. The zero-order valence-electron chi connectivity index (χ0n) is 25.3. The molecule has 4 aromatic rings. The van der Waals surface area contributed by atoms with Crippen LogP contribution < -0.4 is 11.1 Å². The number of rotatable bonds is 7. The fourth-order valence-corrected chi connectivity index (χ4v) is 5.66. The second-order valence-corrected chi connectivity index (χ2v) is 11.1. The van der Waals surface area contributed by atoms with Crippen molar-refractivity contribution in [1.29, 1.82) is 5.41 Å². The zero-order valence-corrected chi connectivity index (χ0v) is 25.3. The average molecular weight is 596 g/mol. The van der Waals surface area contributed by atoms with Gasteiger partial charge in [0.05, 0.1) is 24.2 Å². The predicted molar refractivity (Wildman–Crippen MR) is 167 cm³/mol. The molecule has 2 heterocycles. The monoisotopic (exact) mass is 595 g/mol. The van der Waals surface area contributed by atoms with Crippen LogP contribution >= 0.6 is 0 Å². The van der Waals surface area contributed by atoms with Gasteiger partial charge in [-0.3, -0.25) is 19.9 Å². The number of imidazole rings is 1. The van der Waals surface area contributed by atoms with E-state index in [1.54, 1.807) is 55.3 Å². The van der Waals surface area contributed by atoms with Crippen LogP contribution in [0.5, 0.6) is 0 Å². The summed E-state index contributed by atoms with van der Waals surface area (Å²) >= 11 is 0. The molecule has 3 aromatic carbocycles. The number of likely N-dealkylation sites (tertiary alicyclic amines) is 1. The summed E-state index contributed by atoms with van der Waals surface area (Å²) in [5, 5.41) is 11.0. The molecule has 0 spiro atoms. The summed E-state index contributed by atoms with van der Waals surface area (Å²) in [4.78, 5) is 46.9. The minimum atomic E-state index is -1.30. The molecule has 0 radical (unpaired) electrons. The van der Waals surface area contributed by atoms with E-state index in [0.717, 1.165) is 23.9 Å². The highest BCUT2D eigenvalue weighted by Crippen LogP contribution is 2.34. The number of methoxy groups -OCH3 is 1. The van der Waals surface area contributed by atoms with Gasteiger partial charge in [-0.15, -0.1) is 0 Å². The second kappa shape index (κ2) is 12.3. The van der Waals surface area contributed by atoms with Crippen LogP contribution in [0, 0.1) is 5.41 Å². The van der Waals surface area contributed by atoms with E-state index in [1.807, 2.05) is 48.0 Å². The zero-order chi connectivity index (χ0) is 31.6. The first-order chi connectivity index (χ1) is 21.1. The number of benzene rings is 3. The van der Waals surface area contributed by atoms with Crippen molar-refractivity contribution >= 4 is 34.8 Å². The summed E-state index contributed by atoms with van der Waals surface area (Å²) in [5.74, 6) is 0.0658. The Balaban J connectivity index is 1.41. The van der Waals surface area contributed by atoms with E-state index >= 15 is 0 Å². The van der Waals surface area contributed by atoms with Gasteiger partial charge >= 0.3 is 6.09 Å². The fraction of sp³-hybridized carbons (Fsp3) is 0.303. The normalized spacial score (nSPS) is 15.0. The Morgan fingerprint density at radius 2 is 1.68 bits per heavy atom. The molecule has 1 aromatic heterocycles. The molecule has 228 valence electrons. The number of aromatic nitrogens is 2. The van der Waals surface area contributed by atoms with Crippen LogP contribution in [-0.4, -0.2) is 70.3 Å². The minimum absolute atomic E-state index is 0.0160. The molecular formula is C33H37N7O4. The highest BCUT2D eigenvalue weighted by molar-refractivity contribution is 6.11. The Kier molecular flexibility index (Phi) is 8.50. The first-order valence-electron chi connectivity index (χ1n) is 14.4. The summed E-state index contributed by atoms with van der Waals surface area (Å²) in [6, 6.07) is 20.8. The van der Waals surface area contributed by atoms with Gasteiger partial charge in [0.25, 0.3) is 11.8 Å². The third-order valence-electron chi connectivity index (χ3n) is 8.52. The molecule has 2 atom stereocenters. The summed E-state index contributed by atoms with van der Waals surface area (Å²) in [7, 11) is 4.74. The van der Waals surface area contributed by atoms with Gasteiger partial charge in [-0.25, -0.2) is 9.78 Å². The Morgan fingerprint density at radius 3 is 2.32 bits per heavy atom. The predicted octanol–water partition coefficient (Wildman–Crippen LogP) is 3.91. The molecule has 4 N–H and O–H groups in total. The quantitative estimate of drug-likeness (QED) is 0.218. The maximum Gasteiger partial charge on any atom is 0.410 e. The number of amidine groups is 1. The molecule has 1 fully saturated rings. The maximum absolute atomic E-state index is 13.8. The number of hydrogen-bond donors (Lipinski definition) is 3. The van der Waals surface area contributed by atoms with Gasteiger partial charge < -0.3 is 25.3 Å². The van der Waals surface area contributed by atoms with Crippen LogP contribution in [0.25, 0.3) is 11.0 Å². The number of amides is 3. The molecule has 11 heteroatoms. The van der Waals surface area contributed by atoms with Crippen LogP contribution in [0.15, 0.2) is 72.8 Å². The lowest BCUT2D eigenvalue weighted by Gasteiger charge is -2.39. The first kappa shape index (κ1) is 30.4. The number of fused-ring (bicyclic) bond motifs is 1. The Morgan fingerprint density at radius 1 is 1.02 bits per heavy atom. The smallest absolute Gasteiger partial charge is 0.410 e. The molecule has 1 saturated heterocycles. The van der Waals surface area contributed by atoms with Crippen LogP contribution in [-0.2, 0) is 22.1 Å². The van der Waals surface area contributed by atoms with Crippen LogP contribution in [0.2, 0.25) is 0 Å². The molecule has 2 unspecified atom stereocenters. The molecule has 11 nitrogen and oxygen atoms in total. The van der Waals surface area contributed by atoms with Crippen LogP contribution in [0.4, 0.5) is 4.79 Å². The van der Waals surface area contributed by atoms with Crippen molar-refractivity contribution in [3.63, 3.8) is 0 Å². The van der Waals surface area contributed by atoms with Crippen molar-refractivity contribution in [2.24, 2.45) is 12.8 Å². The van der Waals surface area contributed by atoms with Crippen molar-refractivity contribution < 1.29 is 19.1 Å². The first-order valence-corrected chi connectivity index (χ1v) is 14.4. The summed E-state index contributed by atoms with van der Waals surface area (Å²) in [6.07, 6.45) is 1.24. The molecule has 0 bridgehead atoms. The second-order valence-electron chi connectivity index (χ2n) is 11.1. The van der Waals surface area contributed by atoms with Crippen molar-refractivity contribution in [3.8, 4) is 0 Å². The van der Waals surface area contributed by atoms with Crippen molar-refractivity contribution in [2.75, 3.05) is 27.2 Å². The van der Waals surface area contributed by atoms with E-state index in [2.05, 4.69) is 5.32 Å². The number of carbonyl (C=O) groups excluding carboxylic acids is 3. The van der Waals surface area contributed by atoms with E-state index in [1.165, 1.54) is 12.0 Å². The van der Waals surface area contributed by atoms with Gasteiger partial charge in [-0.05, 0) is 55.2 Å². The SMILES string of the molecule is COC(=O)N(C)C(C)(C(=O)N1CCCC1)c1ccc2c(c1)nc(C(N)c1ccc(C(=N)NC(=O)c3ccccc3)cc1)n2C. The third-order valence-corrected chi connectivity index (χ3v) is 8.52. The highest BCUT2D eigenvalue weighted by Gasteiger charge is 2.45. The Bertz CT molecular complexity index is 1710. The maximum atomic E-state index is 13.8. The number of aryl methyl sites for hydroxylation is 1. The number of ether oxygens (including phenoxy) is 1. The van der Waals surface area contributed by atoms with E-state index in [-0.39, 0.29) is 17.6 Å². The molecule has 3 amide bonds. The average Bonchev–Trinajstić information content (AvgIpc) is 3.71. The number of nitrogens with two attached hydrogens (primary N) is 1. The number of carbonyl (C=O) groups is 3. The van der Waals surface area contributed by atoms with Crippen molar-refractivity contribution in [1.82, 2.24) is 24.7 Å². The summed E-state index contributed by atoms with van der Waals surface area (Å²) in [5.41, 5.74) is 9.24. The summed E-state index contributed by atoms with van der Waals surface area (Å²) in [6.45, 7) is 3.03. The molecule has 5 rings (SSSR count). The van der Waals surface area contributed by atoms with Crippen LogP contribution in [0.1, 0.15) is 58.7 Å². The van der Waals surface area contributed by atoms with Gasteiger partial charge in [0.15, 0.2) is 0 Å². The van der Waals surface area contributed by atoms with Gasteiger partial charge in [0, 0.05) is 38.3 Å². The standard InChI is InChI=1S/C33H37N7O4/c1-33(39(3)32(43)44-4,31(42)40-18-8-9-19-40)24-16-17-26-25(20-24)36-29(38(26)2)27(34)21-12-14-22(15-13-21)28(35)37-30(41)23-10-6-5-7-11-23/h5-7,10-17,20,27H,8-9,18-19,34H2,1-4H3,(H2,35,37,41). The summed E-state index contributed by atoms with van der Waals surface area (Å²) < 4.78 is 6.90. The van der Waals surface area contributed by atoms with E-state index in [0.29, 0.717) is 41.1 Å². The van der Waals surface area contributed by atoms with Gasteiger partial charge in [-0.2, -0.15) is 0 Å². The van der Waals surface area contributed by atoms with Crippen LogP contribution in [0.3, 0.4) is 0 Å². The number of likely N-dealkylation sites (N-methyl/N-ethyl adjacent to an activating group) is 1. The molecule has 0 saturated carbocycles. The van der Waals surface area contributed by atoms with E-state index in [4.69, 9.17) is 20.9 Å². The van der Waals surface area contributed by atoms with E-state index < -0.39 is 17.7 Å². The molecule has 0 aliphatic carbocycles. The topological polar surface area (TPSA) is 147 Å². The van der Waals surface area contributed by atoms with Crippen molar-refractivity contribution in [3.05, 3.63) is 101 Å². The lowest BCUT2D eigenvalue weighted by atomic mass is 9.88. The lowest BCUT2D eigenvalue weighted by molar-refractivity contribution is -0.141. The highest BCUT2D eigenvalue weighted by atomic mass is 16.5. The van der Waals surface area contributed by atoms with Gasteiger partial charge in [0.2, 0.25) is 0 Å². The number of nitrogens with zero attached hydrogens (tertiary/aromatic N) is 4. The Hall–Kier alpha value is -5.03. The van der Waals surface area contributed by atoms with Gasteiger partial charge in [-0.1, -0.05) is 48.5 Å². The molecule has 44 heavy (non-hydrogen) atoms. The Labute approximate surface area is 256 Å². The lowest BCUT2D eigenvalue weighted by Crippen LogP contribution is -2.55. The van der Waals surface area contributed by atoms with E-state index in [9.17, 15) is 14.4 Å². The molecule has 1 aliphatic rings. The number of nitrogens with one attached hydrogen (secondary N) is 2. The fourth-order valence-electron chi connectivity index (χ4n) is 5.66.